The second-order valence-electron chi connectivity index (χ2n) is 5.57. The van der Waals surface area contributed by atoms with Crippen LogP contribution in [0.2, 0.25) is 0 Å². The van der Waals surface area contributed by atoms with Crippen molar-refractivity contribution in [1.29, 1.82) is 0 Å². The Labute approximate surface area is 145 Å². The van der Waals surface area contributed by atoms with Crippen molar-refractivity contribution >= 4 is 17.5 Å². The van der Waals surface area contributed by atoms with Gasteiger partial charge in [-0.25, -0.2) is 14.8 Å². The minimum atomic E-state index is -0.947. The molecule has 25 heavy (non-hydrogen) atoms. The molecule has 0 bridgehead atoms. The molecule has 0 unspecified atom stereocenters. The molecule has 0 saturated heterocycles. The van der Waals surface area contributed by atoms with E-state index in [2.05, 4.69) is 27.2 Å². The molecule has 2 N–H and O–H groups in total. The second kappa shape index (κ2) is 7.53. The summed E-state index contributed by atoms with van der Waals surface area (Å²) in [7, 11) is 0. The molecule has 126 valence electrons. The van der Waals surface area contributed by atoms with Gasteiger partial charge in [-0.15, -0.1) is 0 Å². The van der Waals surface area contributed by atoms with Gasteiger partial charge in [-0.05, 0) is 42.8 Å². The standard InChI is InChI=1S/C19H18N4O2/c1-2-4-16-11-17(21-15-8-6-13(7-9-15)19(24)25)23-18(22-16)14-5-3-10-20-12-14/h3,5-12H,2,4H2,1H3,(H,24,25)(H,21,22,23). The summed E-state index contributed by atoms with van der Waals surface area (Å²) >= 11 is 0. The van der Waals surface area contributed by atoms with E-state index in [4.69, 9.17) is 5.11 Å². The Hall–Kier alpha value is -3.28. The number of pyridine rings is 1. The van der Waals surface area contributed by atoms with Crippen LogP contribution in [0.25, 0.3) is 11.4 Å². The first-order chi connectivity index (χ1) is 12.2. The molecule has 0 saturated carbocycles. The Balaban J connectivity index is 1.92. The number of carboxylic acid groups (broad SMARTS) is 1. The zero-order chi connectivity index (χ0) is 17.6. The predicted molar refractivity (Wildman–Crippen MR) is 95.9 cm³/mol. The summed E-state index contributed by atoms with van der Waals surface area (Å²) < 4.78 is 0. The molecule has 3 rings (SSSR count). The second-order valence-corrected chi connectivity index (χ2v) is 5.57. The lowest BCUT2D eigenvalue weighted by Crippen LogP contribution is -2.02. The lowest BCUT2D eigenvalue weighted by atomic mass is 10.2. The van der Waals surface area contributed by atoms with Crippen LogP contribution in [-0.4, -0.2) is 26.0 Å². The van der Waals surface area contributed by atoms with Crippen LogP contribution in [0.15, 0.2) is 54.9 Å². The van der Waals surface area contributed by atoms with Gasteiger partial charge < -0.3 is 10.4 Å². The van der Waals surface area contributed by atoms with Crippen molar-refractivity contribution in [2.75, 3.05) is 5.32 Å². The van der Waals surface area contributed by atoms with Crippen LogP contribution in [-0.2, 0) is 6.42 Å². The predicted octanol–water partition coefficient (Wildman–Crippen LogP) is 3.93. The molecule has 6 nitrogen and oxygen atoms in total. The number of aryl methyl sites for hydroxylation is 1. The van der Waals surface area contributed by atoms with E-state index in [1.165, 1.54) is 0 Å². The Morgan fingerprint density at radius 2 is 1.96 bits per heavy atom. The van der Waals surface area contributed by atoms with Crippen LogP contribution < -0.4 is 5.32 Å². The fourth-order valence-electron chi connectivity index (χ4n) is 2.41. The monoisotopic (exact) mass is 334 g/mol. The number of hydrogen-bond donors (Lipinski definition) is 2. The zero-order valence-electron chi connectivity index (χ0n) is 13.8. The van der Waals surface area contributed by atoms with Gasteiger partial charge in [-0.2, -0.15) is 0 Å². The maximum absolute atomic E-state index is 10.9. The topological polar surface area (TPSA) is 88.0 Å². The summed E-state index contributed by atoms with van der Waals surface area (Å²) in [4.78, 5) is 24.2. The highest BCUT2D eigenvalue weighted by Gasteiger charge is 2.08. The van der Waals surface area contributed by atoms with Crippen molar-refractivity contribution in [2.24, 2.45) is 0 Å². The highest BCUT2D eigenvalue weighted by atomic mass is 16.4. The van der Waals surface area contributed by atoms with Gasteiger partial charge in [-0.3, -0.25) is 4.98 Å². The molecular weight excluding hydrogens is 316 g/mol. The van der Waals surface area contributed by atoms with Gasteiger partial charge in [0.1, 0.15) is 5.82 Å². The largest absolute Gasteiger partial charge is 0.478 e. The number of nitrogens with zero attached hydrogens (tertiary/aromatic N) is 3. The fourth-order valence-corrected chi connectivity index (χ4v) is 2.41. The number of aromatic carboxylic acids is 1. The number of benzene rings is 1. The first-order valence-corrected chi connectivity index (χ1v) is 8.04. The molecule has 0 aliphatic rings. The number of carboxylic acids is 1. The van der Waals surface area contributed by atoms with E-state index >= 15 is 0 Å². The van der Waals surface area contributed by atoms with Gasteiger partial charge in [0, 0.05) is 35.4 Å². The summed E-state index contributed by atoms with van der Waals surface area (Å²) in [5, 5.41) is 12.2. The average molecular weight is 334 g/mol. The third kappa shape index (κ3) is 4.17. The van der Waals surface area contributed by atoms with Gasteiger partial charge in [0.25, 0.3) is 0 Å². The molecule has 0 aliphatic heterocycles. The summed E-state index contributed by atoms with van der Waals surface area (Å²) in [6, 6.07) is 12.2. The van der Waals surface area contributed by atoms with Gasteiger partial charge >= 0.3 is 5.97 Å². The van der Waals surface area contributed by atoms with Crippen LogP contribution >= 0.6 is 0 Å². The zero-order valence-corrected chi connectivity index (χ0v) is 13.8. The van der Waals surface area contributed by atoms with Crippen LogP contribution in [0.1, 0.15) is 29.4 Å². The first-order valence-electron chi connectivity index (χ1n) is 8.04. The normalized spacial score (nSPS) is 10.4. The highest BCUT2D eigenvalue weighted by molar-refractivity contribution is 5.88. The number of hydrogen-bond acceptors (Lipinski definition) is 5. The number of anilines is 2. The first kappa shape index (κ1) is 16.6. The van der Waals surface area contributed by atoms with Crippen molar-refractivity contribution in [3.05, 3.63) is 66.1 Å². The summed E-state index contributed by atoms with van der Waals surface area (Å²) in [6.45, 7) is 2.10. The van der Waals surface area contributed by atoms with Crippen molar-refractivity contribution in [2.45, 2.75) is 19.8 Å². The van der Waals surface area contributed by atoms with Crippen molar-refractivity contribution in [3.8, 4) is 11.4 Å². The van der Waals surface area contributed by atoms with Gasteiger partial charge in [-0.1, -0.05) is 13.3 Å². The van der Waals surface area contributed by atoms with Crippen LogP contribution in [0.4, 0.5) is 11.5 Å². The molecule has 2 aromatic heterocycles. The smallest absolute Gasteiger partial charge is 0.335 e. The third-order valence-corrected chi connectivity index (χ3v) is 3.61. The number of carbonyl (C=O) groups is 1. The van der Waals surface area contributed by atoms with E-state index in [1.54, 1.807) is 36.7 Å². The Bertz CT molecular complexity index is 864. The Morgan fingerprint density at radius 3 is 2.60 bits per heavy atom. The lowest BCUT2D eigenvalue weighted by molar-refractivity contribution is 0.0697. The molecule has 0 amide bonds. The quantitative estimate of drug-likeness (QED) is 0.710. The van der Waals surface area contributed by atoms with E-state index < -0.39 is 5.97 Å². The molecule has 0 fully saturated rings. The van der Waals surface area contributed by atoms with Gasteiger partial charge in [0.2, 0.25) is 0 Å². The lowest BCUT2D eigenvalue weighted by Gasteiger charge is -2.10. The molecule has 0 aliphatic carbocycles. The Kier molecular flexibility index (Phi) is 4.99. The summed E-state index contributed by atoms with van der Waals surface area (Å²) in [5.41, 5.74) is 2.81. The molecule has 2 heterocycles. The van der Waals surface area contributed by atoms with E-state index in [9.17, 15) is 4.79 Å². The maximum Gasteiger partial charge on any atom is 0.335 e. The third-order valence-electron chi connectivity index (χ3n) is 3.61. The van der Waals surface area contributed by atoms with Crippen molar-refractivity contribution < 1.29 is 9.90 Å². The number of nitrogens with one attached hydrogen (secondary N) is 1. The minimum Gasteiger partial charge on any atom is -0.478 e. The molecule has 6 heteroatoms. The molecule has 0 spiro atoms. The van der Waals surface area contributed by atoms with E-state index in [0.29, 0.717) is 11.6 Å². The fraction of sp³-hybridized carbons (Fsp3) is 0.158. The molecular formula is C19H18N4O2. The number of aromatic nitrogens is 3. The van der Waals surface area contributed by atoms with Gasteiger partial charge in [0.15, 0.2) is 5.82 Å². The minimum absolute atomic E-state index is 0.246. The van der Waals surface area contributed by atoms with Crippen molar-refractivity contribution in [3.63, 3.8) is 0 Å². The van der Waals surface area contributed by atoms with E-state index in [1.807, 2.05) is 18.2 Å². The van der Waals surface area contributed by atoms with E-state index in [0.717, 1.165) is 29.8 Å². The summed E-state index contributed by atoms with van der Waals surface area (Å²) in [5.74, 6) is 0.335. The summed E-state index contributed by atoms with van der Waals surface area (Å²) in [6.07, 6.45) is 5.28. The number of rotatable bonds is 6. The SMILES string of the molecule is CCCc1cc(Nc2ccc(C(=O)O)cc2)nc(-c2cccnc2)n1. The Morgan fingerprint density at radius 1 is 1.16 bits per heavy atom. The molecule has 0 atom stereocenters. The molecule has 1 aromatic carbocycles. The maximum atomic E-state index is 10.9. The van der Waals surface area contributed by atoms with Crippen LogP contribution in [0.5, 0.6) is 0 Å². The highest BCUT2D eigenvalue weighted by Crippen LogP contribution is 2.21. The van der Waals surface area contributed by atoms with E-state index in [-0.39, 0.29) is 5.56 Å². The average Bonchev–Trinajstić information content (AvgIpc) is 2.63. The molecule has 0 radical (unpaired) electrons. The van der Waals surface area contributed by atoms with Crippen LogP contribution in [0.3, 0.4) is 0 Å². The van der Waals surface area contributed by atoms with Crippen molar-refractivity contribution in [1.82, 2.24) is 15.0 Å². The van der Waals surface area contributed by atoms with Gasteiger partial charge in [0.05, 0.1) is 5.56 Å². The van der Waals surface area contributed by atoms with Crippen LogP contribution in [0, 0.1) is 0 Å². The molecule has 3 aromatic rings.